The highest BCUT2D eigenvalue weighted by molar-refractivity contribution is 5.94. The quantitative estimate of drug-likeness (QED) is 0.543. The van der Waals surface area contributed by atoms with Crippen LogP contribution in [0.3, 0.4) is 0 Å². The third-order valence-corrected chi connectivity index (χ3v) is 6.71. The molecule has 0 aliphatic carbocycles. The van der Waals surface area contributed by atoms with E-state index >= 15 is 0 Å². The minimum atomic E-state index is -0.517. The summed E-state index contributed by atoms with van der Waals surface area (Å²) >= 11 is 0. The van der Waals surface area contributed by atoms with Crippen LogP contribution in [-0.2, 0) is 17.6 Å². The second kappa shape index (κ2) is 9.29. The van der Waals surface area contributed by atoms with Crippen LogP contribution in [0.5, 0.6) is 0 Å². The molecule has 2 aliphatic rings. The molecule has 3 N–H and O–H groups in total. The fraction of sp³-hybridized carbons (Fsp3) is 0.346. The number of hydrogen-bond acceptors (Lipinski definition) is 5. The van der Waals surface area contributed by atoms with Crippen LogP contribution in [0.1, 0.15) is 48.4 Å². The lowest BCUT2D eigenvalue weighted by Gasteiger charge is -2.20. The van der Waals surface area contributed by atoms with Gasteiger partial charge in [-0.25, -0.2) is 4.98 Å². The molecular weight excluding hydrogens is 416 g/mol. The number of nitrogens with one attached hydrogen (secondary N) is 2. The first-order valence-corrected chi connectivity index (χ1v) is 11.5. The number of nitrogens with zero attached hydrogens (tertiary/aromatic N) is 2. The van der Waals surface area contributed by atoms with Crippen LogP contribution in [0.15, 0.2) is 71.7 Å². The summed E-state index contributed by atoms with van der Waals surface area (Å²) in [5, 5.41) is 17.2. The number of aryl methyl sites for hydroxylation is 1. The van der Waals surface area contributed by atoms with Crippen LogP contribution < -0.4 is 16.2 Å². The maximum absolute atomic E-state index is 12.8. The molecule has 0 radical (unpaired) electrons. The Morgan fingerprint density at radius 1 is 1.09 bits per heavy atom. The summed E-state index contributed by atoms with van der Waals surface area (Å²) in [5.74, 6) is 0.476. The lowest BCUT2D eigenvalue weighted by molar-refractivity contribution is -0.119. The number of hydrogen-bond donors (Lipinski definition) is 3. The Kier molecular flexibility index (Phi) is 6.07. The molecule has 3 aromatic rings. The number of benzene rings is 2. The average Bonchev–Trinajstić information content (AvgIpc) is 3.49. The molecule has 0 bridgehead atoms. The van der Waals surface area contributed by atoms with Crippen molar-refractivity contribution in [3.8, 4) is 0 Å². The maximum Gasteiger partial charge on any atom is 0.254 e. The van der Waals surface area contributed by atoms with Gasteiger partial charge in [0.05, 0.1) is 6.10 Å². The highest BCUT2D eigenvalue weighted by Gasteiger charge is 2.31. The van der Waals surface area contributed by atoms with Crippen molar-refractivity contribution in [2.45, 2.75) is 56.3 Å². The van der Waals surface area contributed by atoms with Gasteiger partial charge in [-0.05, 0) is 48.9 Å². The molecule has 4 unspecified atom stereocenters. The highest BCUT2D eigenvalue weighted by atomic mass is 16.3. The molecule has 2 aromatic carbocycles. The average molecular weight is 445 g/mol. The van der Waals surface area contributed by atoms with Gasteiger partial charge in [0.2, 0.25) is 5.91 Å². The van der Waals surface area contributed by atoms with Gasteiger partial charge in [0, 0.05) is 36.5 Å². The monoisotopic (exact) mass is 444 g/mol. The third kappa shape index (κ3) is 4.60. The zero-order valence-corrected chi connectivity index (χ0v) is 18.4. The van der Waals surface area contributed by atoms with Crippen LogP contribution in [0.2, 0.25) is 0 Å². The summed E-state index contributed by atoms with van der Waals surface area (Å²) in [4.78, 5) is 29.1. The summed E-state index contributed by atoms with van der Waals surface area (Å²) in [6, 6.07) is 18.9. The van der Waals surface area contributed by atoms with Gasteiger partial charge < -0.3 is 15.7 Å². The molecule has 5 rings (SSSR count). The zero-order valence-electron chi connectivity index (χ0n) is 18.4. The lowest BCUT2D eigenvalue weighted by atomic mass is 10.0. The van der Waals surface area contributed by atoms with Gasteiger partial charge in [0.25, 0.3) is 5.56 Å². The first-order chi connectivity index (χ1) is 16.1. The van der Waals surface area contributed by atoms with Crippen LogP contribution in [0.4, 0.5) is 5.69 Å². The molecule has 1 saturated heterocycles. The van der Waals surface area contributed by atoms with Crippen LogP contribution in [-0.4, -0.2) is 32.6 Å². The standard InChI is InChI=1S/C26H28N4O3/c31-24-14-15-27-23-13-12-22(30(23)24)26(33)29-19-8-6-17(7-9-19)16-20-10-11-21(28-20)25(32)18-4-2-1-3-5-18/h1-9,14-15,20-22,25,28,32H,10-13,16H2,(H,29,33). The molecule has 1 aromatic heterocycles. The molecule has 0 spiro atoms. The number of fused-ring (bicyclic) bond motifs is 1. The number of aromatic nitrogens is 2. The predicted molar refractivity (Wildman–Crippen MR) is 126 cm³/mol. The summed E-state index contributed by atoms with van der Waals surface area (Å²) in [6.45, 7) is 0. The summed E-state index contributed by atoms with van der Waals surface area (Å²) < 4.78 is 1.50. The topological polar surface area (TPSA) is 96.2 Å². The van der Waals surface area contributed by atoms with E-state index < -0.39 is 12.1 Å². The van der Waals surface area contributed by atoms with Gasteiger partial charge in [0.1, 0.15) is 11.9 Å². The number of carbonyl (C=O) groups excluding carboxylic acids is 1. The molecule has 1 fully saturated rings. The molecule has 1 amide bonds. The van der Waals surface area contributed by atoms with E-state index in [1.807, 2.05) is 54.6 Å². The van der Waals surface area contributed by atoms with E-state index in [1.165, 1.54) is 22.4 Å². The molecule has 0 saturated carbocycles. The highest BCUT2D eigenvalue weighted by Crippen LogP contribution is 2.27. The normalized spacial score (nSPS) is 22.6. The first kappa shape index (κ1) is 21.6. The van der Waals surface area contributed by atoms with E-state index in [2.05, 4.69) is 15.6 Å². The Morgan fingerprint density at radius 2 is 1.88 bits per heavy atom. The Balaban J connectivity index is 1.17. The van der Waals surface area contributed by atoms with E-state index in [0.29, 0.717) is 30.4 Å². The Labute approximate surface area is 192 Å². The molecular formula is C26H28N4O3. The number of rotatable bonds is 6. The van der Waals surface area contributed by atoms with E-state index in [0.717, 1.165) is 24.8 Å². The SMILES string of the molecule is O=C(Nc1ccc(CC2CCC(C(O)c3ccccc3)N2)cc1)C1CCc2nccc(=O)n21. The van der Waals surface area contributed by atoms with E-state index in [-0.39, 0.29) is 17.5 Å². The van der Waals surface area contributed by atoms with Crippen molar-refractivity contribution in [3.05, 3.63) is 94.2 Å². The number of aliphatic hydroxyl groups excluding tert-OH is 1. The van der Waals surface area contributed by atoms with Gasteiger partial charge in [-0.15, -0.1) is 0 Å². The van der Waals surface area contributed by atoms with Crippen molar-refractivity contribution in [1.82, 2.24) is 14.9 Å². The maximum atomic E-state index is 12.8. The van der Waals surface area contributed by atoms with E-state index in [4.69, 9.17) is 0 Å². The summed E-state index contributed by atoms with van der Waals surface area (Å²) in [7, 11) is 0. The number of aliphatic hydroxyl groups is 1. The molecule has 3 heterocycles. The van der Waals surface area contributed by atoms with Gasteiger partial charge in [-0.3, -0.25) is 14.2 Å². The van der Waals surface area contributed by atoms with Crippen molar-refractivity contribution in [3.63, 3.8) is 0 Å². The summed E-state index contributed by atoms with van der Waals surface area (Å²) in [6.07, 6.45) is 5.02. The fourth-order valence-electron chi connectivity index (χ4n) is 5.00. The van der Waals surface area contributed by atoms with E-state index in [9.17, 15) is 14.7 Å². The Morgan fingerprint density at radius 3 is 2.67 bits per heavy atom. The Hall–Kier alpha value is -3.29. The molecule has 2 aliphatic heterocycles. The van der Waals surface area contributed by atoms with Crippen LogP contribution in [0, 0.1) is 0 Å². The molecule has 4 atom stereocenters. The van der Waals surface area contributed by atoms with Crippen LogP contribution >= 0.6 is 0 Å². The predicted octanol–water partition coefficient (Wildman–Crippen LogP) is 2.77. The minimum absolute atomic E-state index is 0.0585. The van der Waals surface area contributed by atoms with Crippen molar-refractivity contribution >= 4 is 11.6 Å². The van der Waals surface area contributed by atoms with Crippen molar-refractivity contribution in [2.75, 3.05) is 5.32 Å². The van der Waals surface area contributed by atoms with Crippen molar-refractivity contribution in [1.29, 1.82) is 0 Å². The third-order valence-electron chi connectivity index (χ3n) is 6.71. The van der Waals surface area contributed by atoms with Crippen molar-refractivity contribution < 1.29 is 9.90 Å². The summed E-state index contributed by atoms with van der Waals surface area (Å²) in [5.41, 5.74) is 2.64. The Bertz CT molecular complexity index is 1180. The molecule has 7 heteroatoms. The second-order valence-electron chi connectivity index (χ2n) is 8.92. The molecule has 170 valence electrons. The van der Waals surface area contributed by atoms with Gasteiger partial charge in [0.15, 0.2) is 0 Å². The van der Waals surface area contributed by atoms with E-state index in [1.54, 1.807) is 0 Å². The van der Waals surface area contributed by atoms with Crippen molar-refractivity contribution in [2.24, 2.45) is 0 Å². The van der Waals surface area contributed by atoms with Gasteiger partial charge in [-0.1, -0.05) is 42.5 Å². The minimum Gasteiger partial charge on any atom is -0.387 e. The fourth-order valence-corrected chi connectivity index (χ4v) is 5.00. The van der Waals surface area contributed by atoms with Gasteiger partial charge >= 0.3 is 0 Å². The second-order valence-corrected chi connectivity index (χ2v) is 8.92. The molecule has 7 nitrogen and oxygen atoms in total. The van der Waals surface area contributed by atoms with Crippen LogP contribution in [0.25, 0.3) is 0 Å². The molecule has 33 heavy (non-hydrogen) atoms. The lowest BCUT2D eigenvalue weighted by Crippen LogP contribution is -2.35. The number of anilines is 1. The number of carbonyl (C=O) groups is 1. The van der Waals surface area contributed by atoms with Gasteiger partial charge in [-0.2, -0.15) is 0 Å². The zero-order chi connectivity index (χ0) is 22.8. The first-order valence-electron chi connectivity index (χ1n) is 11.5. The largest absolute Gasteiger partial charge is 0.387 e. The number of amides is 1. The smallest absolute Gasteiger partial charge is 0.254 e.